The lowest BCUT2D eigenvalue weighted by Gasteiger charge is -2.38. The molecule has 5 nitrogen and oxygen atoms in total. The Labute approximate surface area is 163 Å². The van der Waals surface area contributed by atoms with Crippen LogP contribution in [0.1, 0.15) is 18.4 Å². The van der Waals surface area contributed by atoms with Crippen molar-refractivity contribution in [2.45, 2.75) is 51.3 Å². The molecule has 1 N–H and O–H groups in total. The zero-order valence-corrected chi connectivity index (χ0v) is 17.9. The standard InChI is InChI=1S/C21H32N4OSi/c1-27(2,3)14-13-26-16-24-12-8-19-20-17(15-23-21(19)24)5-4-11-25(20)18-6-9-22-10-7-18/h4-5,8,12,15,18,22H,6-7,9-11,13-14,16H2,1-3H3. The highest BCUT2D eigenvalue weighted by Gasteiger charge is 2.26. The van der Waals surface area contributed by atoms with Gasteiger partial charge in [-0.2, -0.15) is 0 Å². The largest absolute Gasteiger partial charge is 0.364 e. The monoisotopic (exact) mass is 384 g/mol. The molecule has 0 atom stereocenters. The van der Waals surface area contributed by atoms with Crippen molar-refractivity contribution in [3.05, 3.63) is 30.1 Å². The third-order valence-electron chi connectivity index (χ3n) is 5.65. The maximum atomic E-state index is 5.97. The molecule has 1 saturated heterocycles. The first kappa shape index (κ1) is 18.7. The van der Waals surface area contributed by atoms with Crippen molar-refractivity contribution < 1.29 is 4.74 Å². The van der Waals surface area contributed by atoms with E-state index in [1.807, 2.05) is 6.20 Å². The van der Waals surface area contributed by atoms with Crippen molar-refractivity contribution in [1.29, 1.82) is 0 Å². The van der Waals surface area contributed by atoms with Crippen LogP contribution < -0.4 is 10.2 Å². The zero-order chi connectivity index (χ0) is 18.9. The Balaban J connectivity index is 1.57. The van der Waals surface area contributed by atoms with Gasteiger partial charge < -0.3 is 19.5 Å². The van der Waals surface area contributed by atoms with Gasteiger partial charge in [0.1, 0.15) is 12.4 Å². The molecule has 2 aliphatic rings. The summed E-state index contributed by atoms with van der Waals surface area (Å²) in [7, 11) is -1.05. The van der Waals surface area contributed by atoms with E-state index in [4.69, 9.17) is 9.72 Å². The number of nitrogens with zero attached hydrogens (tertiary/aromatic N) is 3. The van der Waals surface area contributed by atoms with Crippen LogP contribution in [0.5, 0.6) is 0 Å². The average Bonchev–Trinajstić information content (AvgIpc) is 3.08. The summed E-state index contributed by atoms with van der Waals surface area (Å²) in [5, 5.41) is 4.74. The van der Waals surface area contributed by atoms with E-state index in [9.17, 15) is 0 Å². The fourth-order valence-corrected chi connectivity index (χ4v) is 4.82. The molecule has 27 heavy (non-hydrogen) atoms. The molecule has 1 fully saturated rings. The number of nitrogens with one attached hydrogen (secondary N) is 1. The minimum atomic E-state index is -1.05. The lowest BCUT2D eigenvalue weighted by Crippen LogP contribution is -2.44. The molecular weight excluding hydrogens is 352 g/mol. The van der Waals surface area contributed by atoms with Crippen molar-refractivity contribution in [2.24, 2.45) is 0 Å². The highest BCUT2D eigenvalue weighted by atomic mass is 28.3. The van der Waals surface area contributed by atoms with E-state index >= 15 is 0 Å². The van der Waals surface area contributed by atoms with Gasteiger partial charge in [0.05, 0.1) is 5.69 Å². The summed E-state index contributed by atoms with van der Waals surface area (Å²) < 4.78 is 8.12. The van der Waals surface area contributed by atoms with Crippen LogP contribution in [0.15, 0.2) is 24.5 Å². The van der Waals surface area contributed by atoms with Gasteiger partial charge in [-0.3, -0.25) is 0 Å². The molecule has 0 spiro atoms. The van der Waals surface area contributed by atoms with Crippen LogP contribution >= 0.6 is 0 Å². The molecule has 0 bridgehead atoms. The number of hydrogen-bond acceptors (Lipinski definition) is 4. The minimum Gasteiger partial charge on any atom is -0.364 e. The predicted octanol–water partition coefficient (Wildman–Crippen LogP) is 3.93. The predicted molar refractivity (Wildman–Crippen MR) is 116 cm³/mol. The van der Waals surface area contributed by atoms with Crippen molar-refractivity contribution in [1.82, 2.24) is 14.9 Å². The molecule has 0 saturated carbocycles. The number of pyridine rings is 1. The molecule has 0 aromatic carbocycles. The number of piperidine rings is 1. The Hall–Kier alpha value is -1.63. The van der Waals surface area contributed by atoms with Gasteiger partial charge >= 0.3 is 0 Å². The first-order valence-electron chi connectivity index (χ1n) is 10.2. The van der Waals surface area contributed by atoms with Gasteiger partial charge in [0, 0.05) is 50.6 Å². The summed E-state index contributed by atoms with van der Waals surface area (Å²) >= 11 is 0. The molecule has 4 heterocycles. The van der Waals surface area contributed by atoms with E-state index < -0.39 is 8.07 Å². The number of fused-ring (bicyclic) bond motifs is 3. The minimum absolute atomic E-state index is 0.586. The third-order valence-corrected chi connectivity index (χ3v) is 7.36. The Kier molecular flexibility index (Phi) is 5.39. The summed E-state index contributed by atoms with van der Waals surface area (Å²) in [6.07, 6.45) is 11.1. The van der Waals surface area contributed by atoms with E-state index in [0.29, 0.717) is 12.8 Å². The average molecular weight is 385 g/mol. The highest BCUT2D eigenvalue weighted by molar-refractivity contribution is 6.76. The van der Waals surface area contributed by atoms with E-state index in [-0.39, 0.29) is 0 Å². The SMILES string of the molecule is C[Si](C)(C)CCOCn1ccc2c3c(cnc21)C=CCN3C1CCNCC1. The fraction of sp³-hybridized carbons (Fsp3) is 0.571. The smallest absolute Gasteiger partial charge is 0.143 e. The molecule has 0 aliphatic carbocycles. The molecular formula is C21H32N4OSi. The summed E-state index contributed by atoms with van der Waals surface area (Å²) in [6.45, 7) is 11.8. The molecule has 2 aliphatic heterocycles. The Morgan fingerprint density at radius 3 is 2.85 bits per heavy atom. The number of anilines is 1. The number of rotatable bonds is 6. The lowest BCUT2D eigenvalue weighted by molar-refractivity contribution is 0.0899. The summed E-state index contributed by atoms with van der Waals surface area (Å²) in [5.41, 5.74) is 3.64. The molecule has 0 unspecified atom stereocenters. The molecule has 2 aromatic heterocycles. The third kappa shape index (κ3) is 4.12. The van der Waals surface area contributed by atoms with Gasteiger partial charge in [0.25, 0.3) is 0 Å². The first-order chi connectivity index (χ1) is 13.0. The summed E-state index contributed by atoms with van der Waals surface area (Å²) in [4.78, 5) is 7.36. The van der Waals surface area contributed by atoms with Crippen LogP contribution in [0.3, 0.4) is 0 Å². The molecule has 0 amide bonds. The second kappa shape index (κ2) is 7.77. The van der Waals surface area contributed by atoms with Crippen LogP contribution in [-0.4, -0.2) is 49.9 Å². The van der Waals surface area contributed by atoms with Crippen molar-refractivity contribution in [3.8, 4) is 0 Å². The van der Waals surface area contributed by atoms with Crippen molar-refractivity contribution >= 4 is 30.9 Å². The molecule has 2 aromatic rings. The van der Waals surface area contributed by atoms with Crippen LogP contribution in [0.25, 0.3) is 17.1 Å². The highest BCUT2D eigenvalue weighted by Crippen LogP contribution is 2.36. The second-order valence-corrected chi connectivity index (χ2v) is 14.6. The van der Waals surface area contributed by atoms with Crippen LogP contribution in [-0.2, 0) is 11.5 Å². The van der Waals surface area contributed by atoms with Crippen LogP contribution in [0, 0.1) is 0 Å². The lowest BCUT2D eigenvalue weighted by atomic mass is 9.99. The van der Waals surface area contributed by atoms with Gasteiger partial charge in [0.2, 0.25) is 0 Å². The van der Waals surface area contributed by atoms with Crippen molar-refractivity contribution in [2.75, 3.05) is 31.1 Å². The Morgan fingerprint density at radius 2 is 2.07 bits per heavy atom. The normalized spacial score (nSPS) is 18.3. The van der Waals surface area contributed by atoms with E-state index in [0.717, 1.165) is 31.9 Å². The van der Waals surface area contributed by atoms with Gasteiger partial charge in [-0.1, -0.05) is 31.8 Å². The van der Waals surface area contributed by atoms with Gasteiger partial charge in [-0.25, -0.2) is 4.98 Å². The maximum Gasteiger partial charge on any atom is 0.143 e. The molecule has 0 radical (unpaired) electrons. The fourth-order valence-electron chi connectivity index (χ4n) is 4.06. The molecule has 146 valence electrons. The van der Waals surface area contributed by atoms with Crippen molar-refractivity contribution in [3.63, 3.8) is 0 Å². The quantitative estimate of drug-likeness (QED) is 0.605. The van der Waals surface area contributed by atoms with E-state index in [1.165, 1.54) is 35.5 Å². The summed E-state index contributed by atoms with van der Waals surface area (Å²) in [6, 6.07) is 4.02. The topological polar surface area (TPSA) is 42.3 Å². The second-order valence-electron chi connectivity index (χ2n) is 8.97. The Morgan fingerprint density at radius 1 is 1.26 bits per heavy atom. The van der Waals surface area contributed by atoms with Crippen LogP contribution in [0.4, 0.5) is 5.69 Å². The van der Waals surface area contributed by atoms with Gasteiger partial charge in [-0.15, -0.1) is 0 Å². The van der Waals surface area contributed by atoms with Crippen LogP contribution in [0.2, 0.25) is 25.7 Å². The molecule has 6 heteroatoms. The molecule has 4 rings (SSSR count). The van der Waals surface area contributed by atoms with E-state index in [1.54, 1.807) is 0 Å². The Bertz CT molecular complexity index is 817. The van der Waals surface area contributed by atoms with Gasteiger partial charge in [0.15, 0.2) is 0 Å². The number of ether oxygens (including phenoxy) is 1. The summed E-state index contributed by atoms with van der Waals surface area (Å²) in [5.74, 6) is 0. The maximum absolute atomic E-state index is 5.97. The number of hydrogen-bond donors (Lipinski definition) is 1. The number of aromatic nitrogens is 2. The van der Waals surface area contributed by atoms with E-state index in [2.05, 4.69) is 58.8 Å². The zero-order valence-electron chi connectivity index (χ0n) is 16.9. The first-order valence-corrected chi connectivity index (χ1v) is 13.9. The van der Waals surface area contributed by atoms with Gasteiger partial charge in [-0.05, 0) is 38.0 Å².